The van der Waals surface area contributed by atoms with Crippen LogP contribution in [-0.4, -0.2) is 22.3 Å². The summed E-state index contributed by atoms with van der Waals surface area (Å²) in [7, 11) is 0. The minimum atomic E-state index is -0.331. The van der Waals surface area contributed by atoms with Gasteiger partial charge in [0.25, 0.3) is 5.91 Å². The highest BCUT2D eigenvalue weighted by molar-refractivity contribution is 5.94. The van der Waals surface area contributed by atoms with Crippen molar-refractivity contribution >= 4 is 18.2 Å². The Labute approximate surface area is 158 Å². The fourth-order valence-corrected chi connectivity index (χ4v) is 2.60. The van der Waals surface area contributed by atoms with Crippen LogP contribution in [0.25, 0.3) is 17.3 Å². The van der Waals surface area contributed by atoms with Crippen molar-refractivity contribution in [2.75, 3.05) is 0 Å². The van der Waals surface area contributed by atoms with E-state index in [-0.39, 0.29) is 5.91 Å². The SMILES string of the molecule is CCc1ccc(-c2cc(C(=O)N/N=C/C(C)=C/c3ccccc3)[nH]n2)cc1. The van der Waals surface area contributed by atoms with Crippen LogP contribution in [0.1, 0.15) is 35.5 Å². The van der Waals surface area contributed by atoms with Gasteiger partial charge in [0.15, 0.2) is 0 Å². The molecule has 0 fully saturated rings. The summed E-state index contributed by atoms with van der Waals surface area (Å²) in [5.74, 6) is -0.331. The van der Waals surface area contributed by atoms with Gasteiger partial charge in [0.05, 0.1) is 11.9 Å². The molecule has 0 saturated heterocycles. The van der Waals surface area contributed by atoms with Gasteiger partial charge >= 0.3 is 0 Å². The molecule has 5 nitrogen and oxygen atoms in total. The topological polar surface area (TPSA) is 70.1 Å². The van der Waals surface area contributed by atoms with Gasteiger partial charge in [0.1, 0.15) is 5.69 Å². The molecule has 0 bridgehead atoms. The fraction of sp³-hybridized carbons (Fsp3) is 0.136. The number of nitrogens with one attached hydrogen (secondary N) is 2. The average molecular weight is 358 g/mol. The van der Waals surface area contributed by atoms with E-state index in [9.17, 15) is 4.79 Å². The molecule has 0 saturated carbocycles. The smallest absolute Gasteiger partial charge is 0.272 e. The van der Waals surface area contributed by atoms with Crippen molar-refractivity contribution in [1.29, 1.82) is 0 Å². The van der Waals surface area contributed by atoms with Crippen LogP contribution in [0, 0.1) is 0 Å². The molecule has 3 aromatic rings. The second kappa shape index (κ2) is 8.76. The van der Waals surface area contributed by atoms with E-state index in [0.717, 1.165) is 28.8 Å². The van der Waals surface area contributed by atoms with Crippen molar-refractivity contribution in [2.45, 2.75) is 20.3 Å². The second-order valence-electron chi connectivity index (χ2n) is 6.22. The molecular weight excluding hydrogens is 336 g/mol. The van der Waals surface area contributed by atoms with Gasteiger partial charge in [-0.15, -0.1) is 0 Å². The minimum Gasteiger partial charge on any atom is -0.272 e. The largest absolute Gasteiger partial charge is 0.289 e. The third-order valence-electron chi connectivity index (χ3n) is 4.11. The molecule has 0 radical (unpaired) electrons. The van der Waals surface area contributed by atoms with Gasteiger partial charge in [0.2, 0.25) is 0 Å². The normalized spacial score (nSPS) is 11.7. The lowest BCUT2D eigenvalue weighted by Crippen LogP contribution is -2.17. The number of carbonyl (C=O) groups is 1. The van der Waals surface area contributed by atoms with E-state index in [4.69, 9.17) is 0 Å². The van der Waals surface area contributed by atoms with Crippen molar-refractivity contribution in [1.82, 2.24) is 15.6 Å². The fourth-order valence-electron chi connectivity index (χ4n) is 2.60. The first kappa shape index (κ1) is 18.3. The predicted molar refractivity (Wildman–Crippen MR) is 109 cm³/mol. The van der Waals surface area contributed by atoms with E-state index in [2.05, 4.69) is 39.8 Å². The number of hydrogen-bond donors (Lipinski definition) is 2. The Kier molecular flexibility index (Phi) is 5.94. The molecule has 0 aliphatic heterocycles. The van der Waals surface area contributed by atoms with Crippen LogP contribution in [0.2, 0.25) is 0 Å². The number of aromatic nitrogens is 2. The number of hydrazone groups is 1. The molecule has 1 amide bonds. The highest BCUT2D eigenvalue weighted by atomic mass is 16.2. The summed E-state index contributed by atoms with van der Waals surface area (Å²) in [5, 5.41) is 11.0. The second-order valence-corrected chi connectivity index (χ2v) is 6.22. The van der Waals surface area contributed by atoms with Crippen molar-refractivity contribution in [3.05, 3.63) is 83.1 Å². The quantitative estimate of drug-likeness (QED) is 0.504. The van der Waals surface area contributed by atoms with Gasteiger partial charge in [-0.05, 0) is 36.1 Å². The molecule has 27 heavy (non-hydrogen) atoms. The van der Waals surface area contributed by atoms with Crippen LogP contribution in [0.15, 0.2) is 71.3 Å². The Balaban J connectivity index is 1.61. The van der Waals surface area contributed by atoms with Crippen LogP contribution >= 0.6 is 0 Å². The molecule has 3 rings (SSSR count). The Morgan fingerprint density at radius 3 is 2.59 bits per heavy atom. The summed E-state index contributed by atoms with van der Waals surface area (Å²) in [5.41, 5.74) is 7.86. The first-order valence-corrected chi connectivity index (χ1v) is 8.87. The molecule has 0 spiro atoms. The Hall–Kier alpha value is -3.47. The monoisotopic (exact) mass is 358 g/mol. The molecular formula is C22H22N4O. The van der Waals surface area contributed by atoms with Crippen molar-refractivity contribution in [3.63, 3.8) is 0 Å². The Morgan fingerprint density at radius 1 is 1.15 bits per heavy atom. The summed E-state index contributed by atoms with van der Waals surface area (Å²) < 4.78 is 0. The first-order valence-electron chi connectivity index (χ1n) is 8.87. The third kappa shape index (κ3) is 5.01. The van der Waals surface area contributed by atoms with Crippen LogP contribution < -0.4 is 5.43 Å². The number of aromatic amines is 1. The number of amides is 1. The summed E-state index contributed by atoms with van der Waals surface area (Å²) in [4.78, 5) is 12.2. The zero-order valence-electron chi connectivity index (χ0n) is 15.4. The van der Waals surface area contributed by atoms with E-state index in [1.54, 1.807) is 12.3 Å². The lowest BCUT2D eigenvalue weighted by atomic mass is 10.1. The highest BCUT2D eigenvalue weighted by Gasteiger charge is 2.10. The van der Waals surface area contributed by atoms with E-state index in [1.165, 1.54) is 5.56 Å². The number of carbonyl (C=O) groups excluding carboxylic acids is 1. The van der Waals surface area contributed by atoms with E-state index in [0.29, 0.717) is 5.69 Å². The summed E-state index contributed by atoms with van der Waals surface area (Å²) >= 11 is 0. The van der Waals surface area contributed by atoms with Crippen molar-refractivity contribution in [3.8, 4) is 11.3 Å². The number of hydrogen-bond acceptors (Lipinski definition) is 3. The number of allylic oxidation sites excluding steroid dienone is 1. The molecule has 1 heterocycles. The Morgan fingerprint density at radius 2 is 1.89 bits per heavy atom. The lowest BCUT2D eigenvalue weighted by molar-refractivity contribution is 0.0950. The van der Waals surface area contributed by atoms with Crippen LogP contribution in [0.5, 0.6) is 0 Å². The molecule has 0 unspecified atom stereocenters. The molecule has 5 heteroatoms. The van der Waals surface area contributed by atoms with E-state index >= 15 is 0 Å². The number of benzene rings is 2. The zero-order valence-corrected chi connectivity index (χ0v) is 15.4. The van der Waals surface area contributed by atoms with Gasteiger partial charge in [-0.25, -0.2) is 5.43 Å². The zero-order chi connectivity index (χ0) is 19.1. The summed E-state index contributed by atoms with van der Waals surface area (Å²) in [6, 6.07) is 19.8. The number of H-pyrrole nitrogens is 1. The van der Waals surface area contributed by atoms with Crippen LogP contribution in [0.3, 0.4) is 0 Å². The van der Waals surface area contributed by atoms with Gasteiger partial charge in [0, 0.05) is 5.56 Å². The number of rotatable bonds is 6. The lowest BCUT2D eigenvalue weighted by Gasteiger charge is -1.98. The summed E-state index contributed by atoms with van der Waals surface area (Å²) in [6.45, 7) is 4.04. The molecule has 2 N–H and O–H groups in total. The molecule has 136 valence electrons. The maximum atomic E-state index is 12.2. The molecule has 1 aromatic heterocycles. The molecule has 0 aliphatic carbocycles. The number of nitrogens with zero attached hydrogens (tertiary/aromatic N) is 2. The average Bonchev–Trinajstić information content (AvgIpc) is 3.19. The van der Waals surface area contributed by atoms with Gasteiger partial charge in [-0.2, -0.15) is 10.2 Å². The number of aryl methyl sites for hydroxylation is 1. The van der Waals surface area contributed by atoms with Gasteiger partial charge in [-0.1, -0.05) is 67.6 Å². The van der Waals surface area contributed by atoms with Gasteiger partial charge < -0.3 is 0 Å². The minimum absolute atomic E-state index is 0.331. The summed E-state index contributed by atoms with van der Waals surface area (Å²) in [6.07, 6.45) is 4.60. The highest BCUT2D eigenvalue weighted by Crippen LogP contribution is 2.18. The van der Waals surface area contributed by atoms with E-state index < -0.39 is 0 Å². The van der Waals surface area contributed by atoms with Crippen molar-refractivity contribution < 1.29 is 4.79 Å². The van der Waals surface area contributed by atoms with Gasteiger partial charge in [-0.3, -0.25) is 9.89 Å². The Bertz CT molecular complexity index is 953. The molecule has 0 aliphatic rings. The maximum Gasteiger partial charge on any atom is 0.289 e. The first-order chi connectivity index (χ1) is 13.2. The van der Waals surface area contributed by atoms with Crippen LogP contribution in [-0.2, 0) is 6.42 Å². The van der Waals surface area contributed by atoms with E-state index in [1.807, 2.05) is 55.5 Å². The third-order valence-corrected chi connectivity index (χ3v) is 4.11. The molecule has 2 aromatic carbocycles. The maximum absolute atomic E-state index is 12.2. The van der Waals surface area contributed by atoms with Crippen molar-refractivity contribution in [2.24, 2.45) is 5.10 Å². The van der Waals surface area contributed by atoms with Crippen LogP contribution in [0.4, 0.5) is 0 Å². The standard InChI is InChI=1S/C22H22N4O/c1-3-17-9-11-19(12-10-17)20-14-21(25-24-20)22(27)26-23-15-16(2)13-18-7-5-4-6-8-18/h4-15H,3H2,1-2H3,(H,24,25)(H,26,27)/b16-13+,23-15+. The predicted octanol–water partition coefficient (Wildman–Crippen LogP) is 4.46. The molecule has 0 atom stereocenters.